The second kappa shape index (κ2) is 4.46. The number of carbonyl (C=O) groups excluding carboxylic acids is 1. The van der Waals surface area contributed by atoms with Gasteiger partial charge in [-0.3, -0.25) is 9.69 Å². The average molecular weight is 229 g/mol. The van der Waals surface area contributed by atoms with Crippen molar-refractivity contribution < 1.29 is 4.79 Å². The Morgan fingerprint density at radius 1 is 1.40 bits per heavy atom. The normalized spacial score (nSPS) is 22.7. The Balaban J connectivity index is 2.49. The molecule has 0 atom stereocenters. The number of hydrogen-bond acceptors (Lipinski definition) is 3. The van der Waals surface area contributed by atoms with Gasteiger partial charge in [0.15, 0.2) is 5.78 Å². The number of thioether (sulfide) groups is 1. The Bertz CT molecular complexity index is 242. The van der Waals surface area contributed by atoms with Gasteiger partial charge in [0, 0.05) is 29.0 Å². The van der Waals surface area contributed by atoms with E-state index in [9.17, 15) is 4.79 Å². The van der Waals surface area contributed by atoms with Gasteiger partial charge in [-0.1, -0.05) is 20.8 Å². The molecule has 1 aliphatic rings. The first kappa shape index (κ1) is 13.0. The minimum Gasteiger partial charge on any atom is -0.298 e. The lowest BCUT2D eigenvalue weighted by Gasteiger charge is -2.38. The minimum absolute atomic E-state index is 0.200. The van der Waals surface area contributed by atoms with Crippen LogP contribution in [0.1, 0.15) is 34.6 Å². The van der Waals surface area contributed by atoms with Gasteiger partial charge in [0.05, 0.1) is 6.54 Å². The van der Waals surface area contributed by atoms with Crippen molar-refractivity contribution in [1.29, 1.82) is 0 Å². The molecule has 15 heavy (non-hydrogen) atoms. The van der Waals surface area contributed by atoms with Crippen molar-refractivity contribution in [2.24, 2.45) is 5.41 Å². The van der Waals surface area contributed by atoms with Gasteiger partial charge in [-0.05, 0) is 13.8 Å². The van der Waals surface area contributed by atoms with Crippen LogP contribution in [0.25, 0.3) is 0 Å². The van der Waals surface area contributed by atoms with Crippen LogP contribution in [0.3, 0.4) is 0 Å². The topological polar surface area (TPSA) is 20.3 Å². The van der Waals surface area contributed by atoms with E-state index < -0.39 is 0 Å². The van der Waals surface area contributed by atoms with Crippen molar-refractivity contribution >= 4 is 17.5 Å². The molecule has 0 aromatic rings. The third-order valence-electron chi connectivity index (χ3n) is 2.71. The molecule has 0 N–H and O–H groups in total. The minimum atomic E-state index is -0.200. The molecule has 0 aromatic heterocycles. The maximum absolute atomic E-state index is 11.9. The second-order valence-electron chi connectivity index (χ2n) is 5.99. The van der Waals surface area contributed by atoms with Gasteiger partial charge in [0.25, 0.3) is 0 Å². The molecule has 1 rings (SSSR count). The fourth-order valence-electron chi connectivity index (χ4n) is 1.69. The van der Waals surface area contributed by atoms with Crippen LogP contribution < -0.4 is 0 Å². The number of hydrogen-bond donors (Lipinski definition) is 0. The van der Waals surface area contributed by atoms with E-state index in [4.69, 9.17) is 0 Å². The monoisotopic (exact) mass is 229 g/mol. The molecule has 88 valence electrons. The van der Waals surface area contributed by atoms with E-state index >= 15 is 0 Å². The SMILES string of the molecule is CC1(C)CN(CC(=O)C(C)(C)C)CCS1. The molecule has 3 heteroatoms. The van der Waals surface area contributed by atoms with E-state index in [1.807, 2.05) is 32.5 Å². The lowest BCUT2D eigenvalue weighted by Crippen LogP contribution is -2.46. The summed E-state index contributed by atoms with van der Waals surface area (Å²) in [4.78, 5) is 14.2. The van der Waals surface area contributed by atoms with E-state index in [0.717, 1.165) is 18.8 Å². The van der Waals surface area contributed by atoms with Crippen LogP contribution in [-0.2, 0) is 4.79 Å². The molecule has 0 saturated carbocycles. The molecule has 0 amide bonds. The number of ketones is 1. The summed E-state index contributed by atoms with van der Waals surface area (Å²) in [6, 6.07) is 0. The number of rotatable bonds is 2. The third-order valence-corrected chi connectivity index (χ3v) is 4.01. The summed E-state index contributed by atoms with van der Waals surface area (Å²) >= 11 is 2.01. The third kappa shape index (κ3) is 4.15. The highest BCUT2D eigenvalue weighted by molar-refractivity contribution is 8.00. The molecule has 0 radical (unpaired) electrons. The van der Waals surface area contributed by atoms with E-state index in [2.05, 4.69) is 18.7 Å². The van der Waals surface area contributed by atoms with E-state index in [1.54, 1.807) is 0 Å². The van der Waals surface area contributed by atoms with Crippen LogP contribution in [0.15, 0.2) is 0 Å². The predicted molar refractivity (Wildman–Crippen MR) is 67.4 cm³/mol. The zero-order chi connectivity index (χ0) is 11.7. The van der Waals surface area contributed by atoms with Gasteiger partial charge in [-0.25, -0.2) is 0 Å². The fourth-order valence-corrected chi connectivity index (χ4v) is 2.87. The van der Waals surface area contributed by atoms with Crippen LogP contribution in [0, 0.1) is 5.41 Å². The molecule has 1 heterocycles. The molecular weight excluding hydrogens is 206 g/mol. The molecule has 1 aliphatic heterocycles. The van der Waals surface area contributed by atoms with E-state index in [0.29, 0.717) is 17.1 Å². The highest BCUT2D eigenvalue weighted by atomic mass is 32.2. The van der Waals surface area contributed by atoms with E-state index in [1.165, 1.54) is 0 Å². The highest BCUT2D eigenvalue weighted by Crippen LogP contribution is 2.29. The molecule has 0 aliphatic carbocycles. The lowest BCUT2D eigenvalue weighted by atomic mass is 9.90. The molecular formula is C12H23NOS. The summed E-state index contributed by atoms with van der Waals surface area (Å²) in [6.45, 7) is 13.2. The molecule has 0 aromatic carbocycles. The second-order valence-corrected chi connectivity index (χ2v) is 7.79. The van der Waals surface area contributed by atoms with Crippen LogP contribution in [0.5, 0.6) is 0 Å². The summed E-state index contributed by atoms with van der Waals surface area (Å²) < 4.78 is 0.302. The zero-order valence-electron chi connectivity index (χ0n) is 10.6. The summed E-state index contributed by atoms with van der Waals surface area (Å²) in [6.07, 6.45) is 0. The van der Waals surface area contributed by atoms with Crippen molar-refractivity contribution in [3.63, 3.8) is 0 Å². The quantitative estimate of drug-likeness (QED) is 0.725. The maximum atomic E-state index is 11.9. The molecule has 1 saturated heterocycles. The highest BCUT2D eigenvalue weighted by Gasteiger charge is 2.30. The number of Topliss-reactive ketones (excluding diaryl/α,β-unsaturated/α-hetero) is 1. The Morgan fingerprint density at radius 3 is 2.47 bits per heavy atom. The smallest absolute Gasteiger partial charge is 0.152 e. The summed E-state index contributed by atoms with van der Waals surface area (Å²) in [5.74, 6) is 1.50. The summed E-state index contributed by atoms with van der Waals surface area (Å²) in [7, 11) is 0. The Labute approximate surface area is 97.8 Å². The van der Waals surface area contributed by atoms with Crippen molar-refractivity contribution in [2.75, 3.05) is 25.4 Å². The maximum Gasteiger partial charge on any atom is 0.152 e. The molecule has 0 spiro atoms. The lowest BCUT2D eigenvalue weighted by molar-refractivity contribution is -0.127. The van der Waals surface area contributed by atoms with Crippen molar-refractivity contribution in [2.45, 2.75) is 39.4 Å². The molecule has 2 nitrogen and oxygen atoms in total. The van der Waals surface area contributed by atoms with Gasteiger partial charge >= 0.3 is 0 Å². The average Bonchev–Trinajstić information content (AvgIpc) is 2.00. The van der Waals surface area contributed by atoms with Crippen LogP contribution >= 0.6 is 11.8 Å². The largest absolute Gasteiger partial charge is 0.298 e. The van der Waals surface area contributed by atoms with Crippen LogP contribution in [0.4, 0.5) is 0 Å². The molecule has 0 bridgehead atoms. The Hall–Kier alpha value is -0.0200. The predicted octanol–water partition coefficient (Wildman–Crippen LogP) is 2.43. The first-order valence-electron chi connectivity index (χ1n) is 5.60. The first-order valence-corrected chi connectivity index (χ1v) is 6.59. The van der Waals surface area contributed by atoms with Crippen molar-refractivity contribution in [3.8, 4) is 0 Å². The van der Waals surface area contributed by atoms with Gasteiger partial charge < -0.3 is 0 Å². The van der Waals surface area contributed by atoms with Gasteiger partial charge in [0.2, 0.25) is 0 Å². The number of carbonyl (C=O) groups is 1. The fraction of sp³-hybridized carbons (Fsp3) is 0.917. The summed E-state index contributed by atoms with van der Waals surface area (Å²) in [5, 5.41) is 0. The van der Waals surface area contributed by atoms with E-state index in [-0.39, 0.29) is 5.41 Å². The van der Waals surface area contributed by atoms with Crippen molar-refractivity contribution in [3.05, 3.63) is 0 Å². The van der Waals surface area contributed by atoms with Gasteiger partial charge in [-0.15, -0.1) is 0 Å². The first-order chi connectivity index (χ1) is 6.71. The molecule has 0 unspecified atom stereocenters. The molecule has 1 fully saturated rings. The standard InChI is InChI=1S/C12H23NOS/c1-11(2,3)10(14)8-13-6-7-15-12(4,5)9-13/h6-9H2,1-5H3. The summed E-state index contributed by atoms with van der Waals surface area (Å²) in [5.41, 5.74) is -0.200. The van der Waals surface area contributed by atoms with Gasteiger partial charge in [0.1, 0.15) is 0 Å². The van der Waals surface area contributed by atoms with Crippen LogP contribution in [-0.4, -0.2) is 40.8 Å². The number of nitrogens with zero attached hydrogens (tertiary/aromatic N) is 1. The van der Waals surface area contributed by atoms with Crippen LogP contribution in [0.2, 0.25) is 0 Å². The Morgan fingerprint density at radius 2 is 2.00 bits per heavy atom. The zero-order valence-corrected chi connectivity index (χ0v) is 11.4. The van der Waals surface area contributed by atoms with Gasteiger partial charge in [-0.2, -0.15) is 11.8 Å². The Kier molecular flexibility index (Phi) is 3.88. The van der Waals surface area contributed by atoms with Crippen molar-refractivity contribution in [1.82, 2.24) is 4.90 Å².